The second-order valence-corrected chi connectivity index (χ2v) is 2.89. The van der Waals surface area contributed by atoms with Crippen molar-refractivity contribution in [3.8, 4) is 0 Å². The van der Waals surface area contributed by atoms with Crippen LogP contribution in [0.2, 0.25) is 0 Å². The number of carbonyl (C=O) groups is 2. The van der Waals surface area contributed by atoms with Crippen molar-refractivity contribution >= 4 is 24.3 Å². The number of nitrogens with zero attached hydrogens (tertiary/aromatic N) is 1. The molecule has 1 rings (SSSR count). The lowest BCUT2D eigenvalue weighted by Gasteiger charge is -2.17. The van der Waals surface area contributed by atoms with Gasteiger partial charge in [0.15, 0.2) is 0 Å². The van der Waals surface area contributed by atoms with Gasteiger partial charge in [0.25, 0.3) is 0 Å². The van der Waals surface area contributed by atoms with Crippen molar-refractivity contribution in [3.05, 3.63) is 0 Å². The molecule has 13 heavy (non-hydrogen) atoms. The molecule has 6 heteroatoms. The van der Waals surface area contributed by atoms with Crippen molar-refractivity contribution in [2.24, 2.45) is 5.73 Å². The number of hydrogen-bond donors (Lipinski definition) is 2. The van der Waals surface area contributed by atoms with E-state index in [1.165, 1.54) is 4.90 Å². The zero-order valence-electron chi connectivity index (χ0n) is 7.10. The van der Waals surface area contributed by atoms with Crippen LogP contribution in [0.15, 0.2) is 0 Å². The Labute approximate surface area is 82.3 Å². The van der Waals surface area contributed by atoms with Gasteiger partial charge in [0.1, 0.15) is 6.04 Å². The van der Waals surface area contributed by atoms with E-state index in [0.29, 0.717) is 13.0 Å². The normalized spacial score (nSPS) is 18.2. The number of amides is 1. The first-order valence-corrected chi connectivity index (χ1v) is 3.87. The highest BCUT2D eigenvalue weighted by Gasteiger charge is 2.24. The highest BCUT2D eigenvalue weighted by atomic mass is 35.5. The summed E-state index contributed by atoms with van der Waals surface area (Å²) in [7, 11) is 0. The molecule has 0 radical (unpaired) electrons. The van der Waals surface area contributed by atoms with Gasteiger partial charge in [-0.25, -0.2) is 0 Å². The molecule has 0 spiro atoms. The number of nitrogens with two attached hydrogens (primary N) is 1. The maximum atomic E-state index is 11.0. The highest BCUT2D eigenvalue weighted by Crippen LogP contribution is 2.09. The van der Waals surface area contributed by atoms with Crippen molar-refractivity contribution < 1.29 is 14.7 Å². The second-order valence-electron chi connectivity index (χ2n) is 2.89. The maximum absolute atomic E-state index is 11.0. The van der Waals surface area contributed by atoms with Crippen LogP contribution in [-0.4, -0.2) is 41.0 Å². The molecule has 1 aliphatic heterocycles. The van der Waals surface area contributed by atoms with Crippen molar-refractivity contribution in [1.82, 2.24) is 4.90 Å². The Balaban J connectivity index is 0.00000144. The quantitative estimate of drug-likeness (QED) is 0.652. The number of hydrogen-bond acceptors (Lipinski definition) is 3. The number of carboxylic acid groups (broad SMARTS) is 1. The van der Waals surface area contributed by atoms with Crippen LogP contribution in [0.1, 0.15) is 12.8 Å². The number of rotatable bonds is 3. The summed E-state index contributed by atoms with van der Waals surface area (Å²) in [5.41, 5.74) is 5.27. The van der Waals surface area contributed by atoms with Gasteiger partial charge < -0.3 is 15.7 Å². The molecule has 0 bridgehead atoms. The largest absolute Gasteiger partial charge is 0.480 e. The first-order chi connectivity index (χ1) is 5.61. The van der Waals surface area contributed by atoms with Crippen LogP contribution >= 0.6 is 12.4 Å². The minimum absolute atomic E-state index is 0. The van der Waals surface area contributed by atoms with Crippen LogP contribution in [-0.2, 0) is 9.59 Å². The molecule has 1 unspecified atom stereocenters. The van der Waals surface area contributed by atoms with Gasteiger partial charge in [-0.3, -0.25) is 9.59 Å². The van der Waals surface area contributed by atoms with E-state index in [1.807, 2.05) is 0 Å². The van der Waals surface area contributed by atoms with Crippen molar-refractivity contribution in [3.63, 3.8) is 0 Å². The van der Waals surface area contributed by atoms with Gasteiger partial charge in [-0.1, -0.05) is 0 Å². The summed E-state index contributed by atoms with van der Waals surface area (Å²) in [6, 6.07) is -0.952. The zero-order chi connectivity index (χ0) is 9.14. The van der Waals surface area contributed by atoms with Crippen LogP contribution in [0.3, 0.4) is 0 Å². The van der Waals surface area contributed by atoms with E-state index in [2.05, 4.69) is 0 Å². The van der Waals surface area contributed by atoms with Crippen molar-refractivity contribution in [2.45, 2.75) is 18.9 Å². The van der Waals surface area contributed by atoms with Crippen LogP contribution in [0.25, 0.3) is 0 Å². The van der Waals surface area contributed by atoms with Crippen molar-refractivity contribution in [2.75, 3.05) is 13.1 Å². The lowest BCUT2D eigenvalue weighted by atomic mass is 10.3. The molecular formula is C7H13ClN2O3. The van der Waals surface area contributed by atoms with E-state index in [0.717, 1.165) is 6.42 Å². The third-order valence-electron chi connectivity index (χ3n) is 1.91. The topological polar surface area (TPSA) is 83.6 Å². The van der Waals surface area contributed by atoms with Crippen LogP contribution in [0, 0.1) is 0 Å². The molecule has 5 nitrogen and oxygen atoms in total. The smallest absolute Gasteiger partial charge is 0.322 e. The third kappa shape index (κ3) is 3.20. The molecule has 1 atom stereocenters. The molecule has 0 aromatic heterocycles. The summed E-state index contributed by atoms with van der Waals surface area (Å²) in [5.74, 6) is -1.05. The number of likely N-dealkylation sites (tertiary alicyclic amines) is 1. The first-order valence-electron chi connectivity index (χ1n) is 3.87. The molecule has 1 saturated heterocycles. The Hall–Kier alpha value is -0.810. The predicted molar refractivity (Wildman–Crippen MR) is 48.7 cm³/mol. The molecule has 0 saturated carbocycles. The third-order valence-corrected chi connectivity index (χ3v) is 1.91. The summed E-state index contributed by atoms with van der Waals surface area (Å²) in [4.78, 5) is 22.8. The minimum atomic E-state index is -1.06. The van der Waals surface area contributed by atoms with Gasteiger partial charge in [-0.2, -0.15) is 0 Å². The maximum Gasteiger partial charge on any atom is 0.322 e. The zero-order valence-corrected chi connectivity index (χ0v) is 7.92. The standard InChI is InChI=1S/C7H12N2O3.ClH/c8-5(7(11)12)4-9-3-1-2-6(9)10;/h5H,1-4,8H2,(H,11,12);1H. The molecule has 1 fully saturated rings. The van der Waals surface area contributed by atoms with Crippen LogP contribution in [0.5, 0.6) is 0 Å². The lowest BCUT2D eigenvalue weighted by molar-refractivity contribution is -0.139. The Morgan fingerprint density at radius 2 is 2.31 bits per heavy atom. The molecule has 0 aliphatic carbocycles. The molecule has 3 N–H and O–H groups in total. The van der Waals surface area contributed by atoms with E-state index in [-0.39, 0.29) is 24.9 Å². The molecule has 1 heterocycles. The Bertz CT molecular complexity index is 210. The van der Waals surface area contributed by atoms with E-state index < -0.39 is 12.0 Å². The van der Waals surface area contributed by atoms with Gasteiger partial charge in [-0.15, -0.1) is 12.4 Å². The molecule has 0 aromatic rings. The molecule has 76 valence electrons. The first kappa shape index (κ1) is 12.2. The lowest BCUT2D eigenvalue weighted by Crippen LogP contribution is -2.43. The Morgan fingerprint density at radius 3 is 2.69 bits per heavy atom. The molecule has 1 aliphatic rings. The monoisotopic (exact) mass is 208 g/mol. The van der Waals surface area contributed by atoms with Gasteiger partial charge >= 0.3 is 5.97 Å². The molecule has 0 aromatic carbocycles. The average Bonchev–Trinajstić information content (AvgIpc) is 2.36. The summed E-state index contributed by atoms with van der Waals surface area (Å²) < 4.78 is 0. The van der Waals surface area contributed by atoms with Gasteiger partial charge in [0.05, 0.1) is 0 Å². The summed E-state index contributed by atoms with van der Waals surface area (Å²) >= 11 is 0. The van der Waals surface area contributed by atoms with E-state index in [1.54, 1.807) is 0 Å². The van der Waals surface area contributed by atoms with Gasteiger partial charge in [0.2, 0.25) is 5.91 Å². The SMILES string of the molecule is Cl.NC(CN1CCCC1=O)C(=O)O. The van der Waals surface area contributed by atoms with E-state index in [4.69, 9.17) is 10.8 Å². The number of carboxylic acids is 1. The molecule has 1 amide bonds. The summed E-state index contributed by atoms with van der Waals surface area (Å²) in [6.45, 7) is 0.772. The summed E-state index contributed by atoms with van der Waals surface area (Å²) in [6.07, 6.45) is 1.33. The molecular weight excluding hydrogens is 196 g/mol. The average molecular weight is 209 g/mol. The fourth-order valence-corrected chi connectivity index (χ4v) is 1.21. The summed E-state index contributed by atoms with van der Waals surface area (Å²) in [5, 5.41) is 8.47. The predicted octanol–water partition coefficient (Wildman–Crippen LogP) is -0.558. The van der Waals surface area contributed by atoms with Crippen LogP contribution < -0.4 is 5.73 Å². The highest BCUT2D eigenvalue weighted by molar-refractivity contribution is 5.85. The van der Waals surface area contributed by atoms with Crippen LogP contribution in [0.4, 0.5) is 0 Å². The fourth-order valence-electron chi connectivity index (χ4n) is 1.21. The number of aliphatic carboxylic acids is 1. The van der Waals surface area contributed by atoms with E-state index in [9.17, 15) is 9.59 Å². The Kier molecular flexibility index (Phi) is 4.72. The minimum Gasteiger partial charge on any atom is -0.480 e. The second kappa shape index (κ2) is 5.04. The van der Waals surface area contributed by atoms with Crippen molar-refractivity contribution in [1.29, 1.82) is 0 Å². The number of carbonyl (C=O) groups excluding carboxylic acids is 1. The number of halogens is 1. The van der Waals surface area contributed by atoms with Gasteiger partial charge in [0, 0.05) is 19.5 Å². The Morgan fingerprint density at radius 1 is 1.69 bits per heavy atom. The fraction of sp³-hybridized carbons (Fsp3) is 0.714. The van der Waals surface area contributed by atoms with Gasteiger partial charge in [-0.05, 0) is 6.42 Å². The van der Waals surface area contributed by atoms with E-state index >= 15 is 0 Å².